The summed E-state index contributed by atoms with van der Waals surface area (Å²) >= 11 is 3.15. The summed E-state index contributed by atoms with van der Waals surface area (Å²) in [5, 5.41) is 10.8. The molecule has 0 fully saturated rings. The molecule has 4 N–H and O–H groups in total. The van der Waals surface area contributed by atoms with E-state index in [9.17, 15) is 0 Å². The first-order valence-electron chi connectivity index (χ1n) is 5.57. The smallest absolute Gasteiger partial charge is 0.133 e. The van der Waals surface area contributed by atoms with E-state index in [-0.39, 0.29) is 18.2 Å². The average Bonchev–Trinajstić information content (AvgIpc) is 2.82. The van der Waals surface area contributed by atoms with Gasteiger partial charge in [0.05, 0.1) is 21.9 Å². The Morgan fingerprint density at radius 3 is 2.75 bits per heavy atom. The van der Waals surface area contributed by atoms with Crippen molar-refractivity contribution in [3.63, 3.8) is 0 Å². The summed E-state index contributed by atoms with van der Waals surface area (Å²) in [6, 6.07) is 9.62. The summed E-state index contributed by atoms with van der Waals surface area (Å²) in [4.78, 5) is 0.773. The highest BCUT2D eigenvalue weighted by Gasteiger charge is 2.10. The van der Waals surface area contributed by atoms with E-state index in [0.717, 1.165) is 26.2 Å². The molecule has 0 aliphatic carbocycles. The Hall–Kier alpha value is -1.37. The van der Waals surface area contributed by atoms with Crippen LogP contribution in [0.4, 0.5) is 11.4 Å². The van der Waals surface area contributed by atoms with Crippen LogP contribution >= 0.6 is 35.5 Å². The zero-order valence-electron chi connectivity index (χ0n) is 11.1. The van der Waals surface area contributed by atoms with E-state index < -0.39 is 0 Å². The van der Waals surface area contributed by atoms with Gasteiger partial charge < -0.3 is 15.8 Å². The number of nitrogens with one attached hydrogen (secondary N) is 2. The molecule has 20 heavy (non-hydrogen) atoms. The molecule has 0 saturated carbocycles. The van der Waals surface area contributed by atoms with Gasteiger partial charge in [0.1, 0.15) is 11.6 Å². The van der Waals surface area contributed by atoms with Crippen molar-refractivity contribution in [3.05, 3.63) is 35.2 Å². The van der Waals surface area contributed by atoms with Gasteiger partial charge in [-0.2, -0.15) is 0 Å². The molecule has 0 aliphatic heterocycles. The molecule has 2 aromatic rings. The van der Waals surface area contributed by atoms with Crippen LogP contribution in [0.1, 0.15) is 4.88 Å². The van der Waals surface area contributed by atoms with Gasteiger partial charge in [-0.1, -0.05) is 6.07 Å². The maximum absolute atomic E-state index is 7.50. The molecule has 0 atom stereocenters. The number of ether oxygens (including phenoxy) is 1. The highest BCUT2D eigenvalue weighted by molar-refractivity contribution is 8.00. The van der Waals surface area contributed by atoms with E-state index in [4.69, 9.17) is 15.9 Å². The second kappa shape index (κ2) is 7.42. The number of anilines is 2. The van der Waals surface area contributed by atoms with E-state index >= 15 is 0 Å². The standard InChI is InChI=1S/C13H15N3OS2.ClH/c1-17-9-5-3-4-8(6-9)16-10-7-11(12(14)15)19-13(10)18-2;/h3-7,16H,1-2H3,(H3,14,15);1H. The number of amidine groups is 1. The van der Waals surface area contributed by atoms with Crippen LogP contribution in [0.5, 0.6) is 5.75 Å². The SMILES string of the molecule is COc1cccc(Nc2cc(C(=N)N)sc2SC)c1.Cl. The van der Waals surface area contributed by atoms with Gasteiger partial charge in [0.25, 0.3) is 0 Å². The van der Waals surface area contributed by atoms with Gasteiger partial charge in [0.15, 0.2) is 0 Å². The Morgan fingerprint density at radius 1 is 1.40 bits per heavy atom. The second-order valence-corrected chi connectivity index (χ2v) is 5.91. The summed E-state index contributed by atoms with van der Waals surface area (Å²) in [5.74, 6) is 0.900. The third-order valence-corrected chi connectivity index (χ3v) is 4.80. The first-order valence-corrected chi connectivity index (χ1v) is 7.61. The molecule has 0 bridgehead atoms. The maximum atomic E-state index is 7.50. The summed E-state index contributed by atoms with van der Waals surface area (Å²) < 4.78 is 6.30. The van der Waals surface area contributed by atoms with Crippen molar-refractivity contribution in [1.82, 2.24) is 0 Å². The topological polar surface area (TPSA) is 71.1 Å². The van der Waals surface area contributed by atoms with Gasteiger partial charge in [-0.25, -0.2) is 0 Å². The fraction of sp³-hybridized carbons (Fsp3) is 0.154. The number of nitrogens with two attached hydrogens (primary N) is 1. The van der Waals surface area contributed by atoms with Gasteiger partial charge in [-0.05, 0) is 24.5 Å². The number of methoxy groups -OCH3 is 1. The number of thiophene rings is 1. The monoisotopic (exact) mass is 329 g/mol. The number of halogens is 1. The van der Waals surface area contributed by atoms with Gasteiger partial charge in [-0.15, -0.1) is 35.5 Å². The number of thioether (sulfide) groups is 1. The van der Waals surface area contributed by atoms with E-state index in [1.807, 2.05) is 36.6 Å². The number of benzene rings is 1. The summed E-state index contributed by atoms with van der Waals surface area (Å²) in [6.07, 6.45) is 2.01. The van der Waals surface area contributed by atoms with Gasteiger partial charge in [0.2, 0.25) is 0 Å². The molecular formula is C13H16ClN3OS2. The lowest BCUT2D eigenvalue weighted by atomic mass is 10.3. The van der Waals surface area contributed by atoms with E-state index in [0.29, 0.717) is 0 Å². The molecule has 1 heterocycles. The zero-order valence-corrected chi connectivity index (χ0v) is 13.5. The van der Waals surface area contributed by atoms with Crippen molar-refractivity contribution < 1.29 is 4.74 Å². The molecule has 0 unspecified atom stereocenters. The highest BCUT2D eigenvalue weighted by Crippen LogP contribution is 2.36. The minimum absolute atomic E-state index is 0. The molecular weight excluding hydrogens is 314 g/mol. The fourth-order valence-corrected chi connectivity index (χ4v) is 3.24. The lowest BCUT2D eigenvalue weighted by Crippen LogP contribution is -2.08. The molecule has 7 heteroatoms. The summed E-state index contributed by atoms with van der Waals surface area (Å²) in [5.41, 5.74) is 7.44. The van der Waals surface area contributed by atoms with Gasteiger partial charge in [0, 0.05) is 11.8 Å². The lowest BCUT2D eigenvalue weighted by Gasteiger charge is -2.07. The third-order valence-electron chi connectivity index (χ3n) is 2.50. The summed E-state index contributed by atoms with van der Waals surface area (Å²) in [6.45, 7) is 0. The van der Waals surface area contributed by atoms with Crippen LogP contribution < -0.4 is 15.8 Å². The quantitative estimate of drug-likeness (QED) is 0.441. The molecule has 4 nitrogen and oxygen atoms in total. The summed E-state index contributed by atoms with van der Waals surface area (Å²) in [7, 11) is 1.64. The predicted molar refractivity (Wildman–Crippen MR) is 90.6 cm³/mol. The average molecular weight is 330 g/mol. The van der Waals surface area contributed by atoms with Crippen molar-refractivity contribution in [2.24, 2.45) is 5.73 Å². The highest BCUT2D eigenvalue weighted by atomic mass is 35.5. The van der Waals surface area contributed by atoms with Crippen molar-refractivity contribution in [2.75, 3.05) is 18.7 Å². The van der Waals surface area contributed by atoms with E-state index in [2.05, 4.69) is 5.32 Å². The third kappa shape index (κ3) is 3.82. The Kier molecular flexibility index (Phi) is 6.19. The van der Waals surface area contributed by atoms with Crippen LogP contribution in [0.25, 0.3) is 0 Å². The van der Waals surface area contributed by atoms with Gasteiger partial charge in [-0.3, -0.25) is 5.41 Å². The van der Waals surface area contributed by atoms with Gasteiger partial charge >= 0.3 is 0 Å². The zero-order chi connectivity index (χ0) is 13.8. The molecule has 1 aromatic heterocycles. The van der Waals surface area contributed by atoms with Crippen molar-refractivity contribution >= 4 is 52.7 Å². The van der Waals surface area contributed by atoms with Crippen LogP contribution in [0.2, 0.25) is 0 Å². The molecule has 1 aromatic carbocycles. The Labute approximate surface area is 132 Å². The van der Waals surface area contributed by atoms with E-state index in [1.165, 1.54) is 11.3 Å². The lowest BCUT2D eigenvalue weighted by molar-refractivity contribution is 0.415. The number of hydrogen-bond acceptors (Lipinski definition) is 5. The molecule has 0 radical (unpaired) electrons. The first-order chi connectivity index (χ1) is 9.13. The molecule has 2 rings (SSSR count). The van der Waals surface area contributed by atoms with Crippen LogP contribution in [-0.2, 0) is 0 Å². The van der Waals surface area contributed by atoms with Crippen LogP contribution in [0.3, 0.4) is 0 Å². The van der Waals surface area contributed by atoms with Crippen molar-refractivity contribution in [2.45, 2.75) is 4.21 Å². The molecule has 0 aliphatic rings. The molecule has 0 spiro atoms. The second-order valence-electron chi connectivity index (χ2n) is 3.79. The number of nitrogen functional groups attached to an aromatic ring is 1. The molecule has 0 amide bonds. The van der Waals surface area contributed by atoms with Crippen LogP contribution in [0.15, 0.2) is 34.5 Å². The molecule has 0 saturated heterocycles. The van der Waals surface area contributed by atoms with Crippen molar-refractivity contribution in [1.29, 1.82) is 5.41 Å². The predicted octanol–water partition coefficient (Wildman–Crippen LogP) is 3.93. The first kappa shape index (κ1) is 16.7. The maximum Gasteiger partial charge on any atom is 0.133 e. The van der Waals surface area contributed by atoms with Crippen molar-refractivity contribution in [3.8, 4) is 5.75 Å². The largest absolute Gasteiger partial charge is 0.497 e. The Morgan fingerprint density at radius 2 is 2.15 bits per heavy atom. The van der Waals surface area contributed by atoms with Crippen LogP contribution in [-0.4, -0.2) is 19.2 Å². The number of rotatable bonds is 5. The normalized spacial score (nSPS) is 9.70. The number of hydrogen-bond donors (Lipinski definition) is 3. The fourth-order valence-electron chi connectivity index (χ4n) is 1.60. The Balaban J connectivity index is 0.00000200. The Bertz CT molecular complexity index is 601. The van der Waals surface area contributed by atoms with Crippen LogP contribution in [0, 0.1) is 5.41 Å². The molecule has 108 valence electrons. The minimum Gasteiger partial charge on any atom is -0.497 e. The van der Waals surface area contributed by atoms with E-state index in [1.54, 1.807) is 18.9 Å². The minimum atomic E-state index is 0.